The molecule has 238 valence electrons. The molecule has 0 heterocycles. The Labute approximate surface area is 263 Å². The minimum absolute atomic E-state index is 0.548. The van der Waals surface area contributed by atoms with E-state index >= 15 is 0 Å². The van der Waals surface area contributed by atoms with Crippen molar-refractivity contribution < 1.29 is 14.2 Å². The second-order valence-electron chi connectivity index (χ2n) is 12.1. The van der Waals surface area contributed by atoms with Crippen molar-refractivity contribution >= 4 is 5.57 Å². The van der Waals surface area contributed by atoms with Crippen LogP contribution in [0.5, 0.6) is 5.75 Å². The van der Waals surface area contributed by atoms with Gasteiger partial charge in [0, 0.05) is 18.6 Å². The third-order valence-corrected chi connectivity index (χ3v) is 8.42. The first-order valence-corrected chi connectivity index (χ1v) is 17.4. The van der Waals surface area contributed by atoms with Crippen LogP contribution in [-0.2, 0) is 15.1 Å². The predicted octanol–water partition coefficient (Wildman–Crippen LogP) is 10.5. The number of ether oxygens (including phenoxy) is 3. The van der Waals surface area contributed by atoms with Crippen molar-refractivity contribution in [3.63, 3.8) is 0 Å². The van der Waals surface area contributed by atoms with E-state index in [0.717, 1.165) is 69.1 Å². The van der Waals surface area contributed by atoms with Crippen LogP contribution in [0.4, 0.5) is 0 Å². The lowest BCUT2D eigenvalue weighted by Gasteiger charge is -2.36. The summed E-state index contributed by atoms with van der Waals surface area (Å²) in [5.41, 5.74) is 8.56. The Hall–Kier alpha value is -2.56. The molecule has 3 rings (SSSR count). The molecule has 0 saturated heterocycles. The van der Waals surface area contributed by atoms with Crippen LogP contribution in [0.1, 0.15) is 128 Å². The lowest BCUT2D eigenvalue weighted by molar-refractivity contribution is -0.0248. The maximum atomic E-state index is 6.73. The molecule has 0 spiro atoms. The van der Waals surface area contributed by atoms with Gasteiger partial charge in [-0.05, 0) is 61.6 Å². The zero-order valence-corrected chi connectivity index (χ0v) is 27.3. The Kier molecular flexibility index (Phi) is 17.2. The van der Waals surface area contributed by atoms with Gasteiger partial charge >= 0.3 is 0 Å². The van der Waals surface area contributed by atoms with Gasteiger partial charge in [-0.25, -0.2) is 0 Å². The third-order valence-electron chi connectivity index (χ3n) is 8.42. The van der Waals surface area contributed by atoms with E-state index in [9.17, 15) is 0 Å². The highest BCUT2D eigenvalue weighted by molar-refractivity contribution is 5.77. The molecule has 1 aliphatic rings. The van der Waals surface area contributed by atoms with E-state index in [1.165, 1.54) is 81.8 Å². The summed E-state index contributed by atoms with van der Waals surface area (Å²) in [6, 6.07) is 19.2. The van der Waals surface area contributed by atoms with Crippen LogP contribution in [0.15, 0.2) is 72.5 Å². The molecule has 0 aliphatic heterocycles. The van der Waals surface area contributed by atoms with E-state index in [1.807, 2.05) is 0 Å². The number of allylic oxidation sites excluding steroid dienone is 2. The highest BCUT2D eigenvalue weighted by atomic mass is 16.5. The number of hydrogen-bond donors (Lipinski definition) is 1. The molecular formula is C39H59NO3. The van der Waals surface area contributed by atoms with Gasteiger partial charge in [-0.2, -0.15) is 0 Å². The van der Waals surface area contributed by atoms with Gasteiger partial charge in [0.2, 0.25) is 0 Å². The molecule has 43 heavy (non-hydrogen) atoms. The maximum absolute atomic E-state index is 6.73. The highest BCUT2D eigenvalue weighted by Crippen LogP contribution is 2.42. The van der Waals surface area contributed by atoms with Gasteiger partial charge in [0.1, 0.15) is 17.1 Å². The van der Waals surface area contributed by atoms with Crippen molar-refractivity contribution in [2.24, 2.45) is 5.73 Å². The van der Waals surface area contributed by atoms with E-state index in [0.29, 0.717) is 6.42 Å². The number of nitrogens with two attached hydrogens (primary N) is 1. The molecule has 2 aromatic rings. The molecule has 1 aliphatic carbocycles. The van der Waals surface area contributed by atoms with Gasteiger partial charge in [-0.1, -0.05) is 133 Å². The van der Waals surface area contributed by atoms with Crippen molar-refractivity contribution in [2.75, 3.05) is 26.4 Å². The molecule has 0 radical (unpaired) electrons. The molecule has 2 aromatic carbocycles. The average Bonchev–Trinajstić information content (AvgIpc) is 3.04. The Morgan fingerprint density at radius 1 is 0.628 bits per heavy atom. The van der Waals surface area contributed by atoms with Gasteiger partial charge in [0.05, 0.1) is 13.2 Å². The smallest absolute Gasteiger partial charge is 0.119 e. The Bertz CT molecular complexity index is 1050. The normalized spacial score (nSPS) is 16.5. The van der Waals surface area contributed by atoms with Crippen molar-refractivity contribution in [3.8, 4) is 5.75 Å². The van der Waals surface area contributed by atoms with Crippen molar-refractivity contribution in [1.29, 1.82) is 0 Å². The monoisotopic (exact) mass is 589 g/mol. The predicted molar refractivity (Wildman–Crippen MR) is 182 cm³/mol. The average molecular weight is 590 g/mol. The van der Waals surface area contributed by atoms with Crippen LogP contribution in [0.25, 0.3) is 5.57 Å². The number of unbranched alkanes of at least 4 members (excludes halogenated alkanes) is 12. The second-order valence-corrected chi connectivity index (χ2v) is 12.1. The minimum Gasteiger partial charge on any atom is -0.497 e. The van der Waals surface area contributed by atoms with Crippen LogP contribution >= 0.6 is 0 Å². The molecule has 0 aromatic heterocycles. The summed E-state index contributed by atoms with van der Waals surface area (Å²) >= 11 is 0. The zero-order chi connectivity index (χ0) is 30.4. The molecule has 0 fully saturated rings. The fraction of sp³-hybridized carbons (Fsp3) is 0.590. The summed E-state index contributed by atoms with van der Waals surface area (Å²) in [6.45, 7) is 7.49. The first kappa shape index (κ1) is 34.9. The fourth-order valence-electron chi connectivity index (χ4n) is 5.72. The molecule has 2 N–H and O–H groups in total. The fourth-order valence-corrected chi connectivity index (χ4v) is 5.72. The highest BCUT2D eigenvalue weighted by Gasteiger charge is 2.36. The zero-order valence-electron chi connectivity index (χ0n) is 27.3. The van der Waals surface area contributed by atoms with E-state index < -0.39 is 5.60 Å². The molecule has 0 bridgehead atoms. The largest absolute Gasteiger partial charge is 0.497 e. The molecule has 0 saturated carbocycles. The van der Waals surface area contributed by atoms with E-state index in [-0.39, 0.29) is 0 Å². The Morgan fingerprint density at radius 3 is 1.88 bits per heavy atom. The van der Waals surface area contributed by atoms with Gasteiger partial charge in [0.25, 0.3) is 0 Å². The summed E-state index contributed by atoms with van der Waals surface area (Å²) in [4.78, 5) is 0. The topological polar surface area (TPSA) is 53.7 Å². The number of hydrogen-bond acceptors (Lipinski definition) is 4. The van der Waals surface area contributed by atoms with Crippen LogP contribution in [0.3, 0.4) is 0 Å². The van der Waals surface area contributed by atoms with Crippen molar-refractivity contribution in [1.82, 2.24) is 0 Å². The maximum Gasteiger partial charge on any atom is 0.119 e. The van der Waals surface area contributed by atoms with Gasteiger partial charge in [-0.3, -0.25) is 0 Å². The number of rotatable bonds is 24. The summed E-state index contributed by atoms with van der Waals surface area (Å²) in [5.74, 6) is 1.95. The van der Waals surface area contributed by atoms with E-state index in [4.69, 9.17) is 19.9 Å². The van der Waals surface area contributed by atoms with Crippen LogP contribution < -0.4 is 10.5 Å². The summed E-state index contributed by atoms with van der Waals surface area (Å²) in [5, 5.41) is 0. The summed E-state index contributed by atoms with van der Waals surface area (Å²) in [6.07, 6.45) is 23.6. The van der Waals surface area contributed by atoms with Crippen LogP contribution in [0, 0.1) is 0 Å². The minimum atomic E-state index is -0.548. The molecule has 0 amide bonds. The third kappa shape index (κ3) is 12.5. The lowest BCUT2D eigenvalue weighted by atomic mass is 9.82. The quantitative estimate of drug-likeness (QED) is 0.124. The molecule has 1 unspecified atom stereocenters. The number of benzene rings is 2. The first-order valence-electron chi connectivity index (χ1n) is 17.4. The van der Waals surface area contributed by atoms with Gasteiger partial charge in [0.15, 0.2) is 0 Å². The molecule has 4 nitrogen and oxygen atoms in total. The Morgan fingerprint density at radius 2 is 1.23 bits per heavy atom. The van der Waals surface area contributed by atoms with Gasteiger partial charge in [-0.15, -0.1) is 0 Å². The first-order chi connectivity index (χ1) is 21.2. The van der Waals surface area contributed by atoms with Crippen molar-refractivity contribution in [3.05, 3.63) is 83.6 Å². The summed E-state index contributed by atoms with van der Waals surface area (Å²) in [7, 11) is 0. The van der Waals surface area contributed by atoms with Crippen molar-refractivity contribution in [2.45, 2.75) is 122 Å². The lowest BCUT2D eigenvalue weighted by Crippen LogP contribution is -2.31. The Balaban J connectivity index is 1.63. The van der Waals surface area contributed by atoms with E-state index in [1.54, 1.807) is 0 Å². The standard InChI is InChI=1S/C39H59NO3/c1-3-5-19-30-41-36-25-23-35(24-26-36)39(43-32-6-4-2)28-27-37(34-21-16-15-17-22-34)38(33-39)42-31-20-14-12-10-8-7-9-11-13-18-29-40/h15-17,21-28H,3-14,18-20,29-33,40H2,1-2H3. The van der Waals surface area contributed by atoms with Gasteiger partial charge < -0.3 is 19.9 Å². The second kappa shape index (κ2) is 21.2. The molecule has 4 heteroatoms. The molecular weight excluding hydrogens is 530 g/mol. The molecule has 1 atom stereocenters. The SMILES string of the molecule is CCCCCOc1ccc(C2(OCCCC)C=CC(c3ccccc3)=C(OCCCCCCCCCCCCN)C2)cc1. The van der Waals surface area contributed by atoms with E-state index in [2.05, 4.69) is 80.6 Å². The van der Waals surface area contributed by atoms with Crippen LogP contribution in [0.2, 0.25) is 0 Å². The summed E-state index contributed by atoms with van der Waals surface area (Å²) < 4.78 is 19.4. The van der Waals surface area contributed by atoms with Crippen LogP contribution in [-0.4, -0.2) is 26.4 Å².